The molecule has 12 heteroatoms. The van der Waals surface area contributed by atoms with E-state index in [1.165, 1.54) is 36.4 Å². The van der Waals surface area contributed by atoms with E-state index in [0.717, 1.165) is 4.31 Å². The smallest absolute Gasteiger partial charge is 0.269 e. The van der Waals surface area contributed by atoms with E-state index >= 15 is 0 Å². The maximum absolute atomic E-state index is 13.4. The molecule has 0 spiro atoms. The third-order valence-electron chi connectivity index (χ3n) is 4.97. The van der Waals surface area contributed by atoms with Crippen LogP contribution in [0.25, 0.3) is 0 Å². The fraction of sp³-hybridized carbons (Fsp3) is 0.167. The van der Waals surface area contributed by atoms with Crippen molar-refractivity contribution in [2.24, 2.45) is 5.10 Å². The first-order valence-corrected chi connectivity index (χ1v) is 12.9. The first-order chi connectivity index (χ1) is 17.1. The first-order valence-electron chi connectivity index (χ1n) is 10.7. The molecule has 0 atom stereocenters. The second-order valence-electron chi connectivity index (χ2n) is 7.43. The Kier molecular flexibility index (Phi) is 8.78. The molecular weight excluding hydrogens is 552 g/mol. The zero-order valence-electron chi connectivity index (χ0n) is 19.4. The second kappa shape index (κ2) is 11.8. The molecule has 0 aromatic heterocycles. The summed E-state index contributed by atoms with van der Waals surface area (Å²) in [6.45, 7) is 3.37. The van der Waals surface area contributed by atoms with Crippen LogP contribution in [-0.2, 0) is 14.8 Å². The van der Waals surface area contributed by atoms with Gasteiger partial charge in [-0.25, -0.2) is 13.8 Å². The number of hydrogen-bond acceptors (Lipinski definition) is 7. The molecule has 0 aliphatic heterocycles. The number of non-ortho nitro benzene ring substituents is 1. The van der Waals surface area contributed by atoms with Crippen molar-refractivity contribution in [2.45, 2.75) is 18.7 Å². The zero-order chi connectivity index (χ0) is 26.3. The number of nitrogens with one attached hydrogen (secondary N) is 1. The number of hydrazone groups is 1. The van der Waals surface area contributed by atoms with Crippen LogP contribution in [0.15, 0.2) is 87.3 Å². The summed E-state index contributed by atoms with van der Waals surface area (Å²) in [5.74, 6) is -0.110. The molecule has 1 amide bonds. The highest BCUT2D eigenvalue weighted by Gasteiger charge is 2.27. The number of nitro benzene ring substituents is 1. The predicted octanol–water partition coefficient (Wildman–Crippen LogP) is 4.49. The number of carbonyl (C=O) groups is 1. The first kappa shape index (κ1) is 26.8. The van der Waals surface area contributed by atoms with Gasteiger partial charge in [-0.1, -0.05) is 15.9 Å². The zero-order valence-corrected chi connectivity index (χ0v) is 21.8. The highest BCUT2D eigenvalue weighted by Crippen LogP contribution is 2.26. The lowest BCUT2D eigenvalue weighted by atomic mass is 10.1. The van der Waals surface area contributed by atoms with E-state index in [1.54, 1.807) is 43.3 Å². The molecule has 0 saturated heterocycles. The summed E-state index contributed by atoms with van der Waals surface area (Å²) >= 11 is 3.29. The van der Waals surface area contributed by atoms with Gasteiger partial charge in [0, 0.05) is 16.6 Å². The SMILES string of the molecule is CCOc1ccc(N(CC(=O)N/N=C(/C)c2ccc([N+](=O)[O-])cc2)S(=O)(=O)c2ccc(Br)cc2)cc1. The van der Waals surface area contributed by atoms with Gasteiger partial charge in [-0.05, 0) is 80.1 Å². The number of amides is 1. The van der Waals surface area contributed by atoms with Gasteiger partial charge in [-0.15, -0.1) is 0 Å². The molecule has 0 fully saturated rings. The van der Waals surface area contributed by atoms with E-state index in [-0.39, 0.29) is 16.3 Å². The topological polar surface area (TPSA) is 131 Å². The molecule has 3 aromatic rings. The number of anilines is 1. The van der Waals surface area contributed by atoms with Crippen molar-refractivity contribution < 1.29 is 22.9 Å². The average Bonchev–Trinajstić information content (AvgIpc) is 2.87. The molecular formula is C24H23BrN4O6S. The second-order valence-corrected chi connectivity index (χ2v) is 10.2. The Morgan fingerprint density at radius 2 is 1.67 bits per heavy atom. The van der Waals surface area contributed by atoms with Gasteiger partial charge in [0.15, 0.2) is 0 Å². The molecule has 36 heavy (non-hydrogen) atoms. The molecule has 3 rings (SSSR count). The third kappa shape index (κ3) is 6.67. The molecule has 0 radical (unpaired) electrons. The lowest BCUT2D eigenvalue weighted by Crippen LogP contribution is -2.39. The molecule has 0 heterocycles. The summed E-state index contributed by atoms with van der Waals surface area (Å²) in [4.78, 5) is 23.1. The van der Waals surface area contributed by atoms with E-state index in [1.807, 2.05) is 6.92 Å². The molecule has 0 unspecified atom stereocenters. The van der Waals surface area contributed by atoms with Gasteiger partial charge in [0.1, 0.15) is 12.3 Å². The summed E-state index contributed by atoms with van der Waals surface area (Å²) in [6.07, 6.45) is 0. The van der Waals surface area contributed by atoms with Crippen LogP contribution in [0.1, 0.15) is 19.4 Å². The molecule has 0 aliphatic rings. The standard InChI is InChI=1S/C24H23BrN4O6S/c1-3-35-22-12-10-20(11-13-22)28(36(33,34)23-14-6-19(25)7-15-23)16-24(30)27-26-17(2)18-4-8-21(9-5-18)29(31)32/h4-15H,3,16H2,1-2H3,(H,27,30)/b26-17-. The largest absolute Gasteiger partial charge is 0.494 e. The predicted molar refractivity (Wildman–Crippen MR) is 140 cm³/mol. The number of carbonyl (C=O) groups excluding carboxylic acids is 1. The van der Waals surface area contributed by atoms with Crippen molar-refractivity contribution in [1.29, 1.82) is 0 Å². The summed E-state index contributed by atoms with van der Waals surface area (Å²) in [6, 6.07) is 18.1. The van der Waals surface area contributed by atoms with Crippen LogP contribution in [0, 0.1) is 10.1 Å². The minimum Gasteiger partial charge on any atom is -0.494 e. The number of benzene rings is 3. The number of rotatable bonds is 10. The van der Waals surface area contributed by atoms with Crippen LogP contribution in [0.2, 0.25) is 0 Å². The molecule has 0 aliphatic carbocycles. The molecule has 10 nitrogen and oxygen atoms in total. The van der Waals surface area contributed by atoms with Crippen molar-refractivity contribution in [2.75, 3.05) is 17.5 Å². The van der Waals surface area contributed by atoms with Gasteiger partial charge in [0.25, 0.3) is 21.6 Å². The van der Waals surface area contributed by atoms with Gasteiger partial charge in [-0.3, -0.25) is 19.2 Å². The van der Waals surface area contributed by atoms with Crippen molar-refractivity contribution in [3.63, 3.8) is 0 Å². The van der Waals surface area contributed by atoms with Gasteiger partial charge in [0.05, 0.1) is 27.8 Å². The highest BCUT2D eigenvalue weighted by molar-refractivity contribution is 9.10. The Morgan fingerprint density at radius 1 is 1.06 bits per heavy atom. The fourth-order valence-corrected chi connectivity index (χ4v) is 4.81. The quantitative estimate of drug-likeness (QED) is 0.215. The van der Waals surface area contributed by atoms with E-state index < -0.39 is 27.4 Å². The van der Waals surface area contributed by atoms with E-state index in [4.69, 9.17) is 4.74 Å². The van der Waals surface area contributed by atoms with Crippen LogP contribution in [0.4, 0.5) is 11.4 Å². The van der Waals surface area contributed by atoms with Crippen LogP contribution in [0.3, 0.4) is 0 Å². The maximum atomic E-state index is 13.4. The van der Waals surface area contributed by atoms with E-state index in [0.29, 0.717) is 28.1 Å². The lowest BCUT2D eigenvalue weighted by molar-refractivity contribution is -0.384. The van der Waals surface area contributed by atoms with Gasteiger partial charge in [-0.2, -0.15) is 5.10 Å². The summed E-state index contributed by atoms with van der Waals surface area (Å²) in [7, 11) is -4.10. The molecule has 0 saturated carbocycles. The lowest BCUT2D eigenvalue weighted by Gasteiger charge is -2.24. The van der Waals surface area contributed by atoms with Crippen LogP contribution in [-0.4, -0.2) is 38.1 Å². The summed E-state index contributed by atoms with van der Waals surface area (Å²) < 4.78 is 34.0. The van der Waals surface area contributed by atoms with Gasteiger partial charge >= 0.3 is 0 Å². The molecule has 0 bridgehead atoms. The molecule has 1 N–H and O–H groups in total. The normalized spacial score (nSPS) is 11.6. The van der Waals surface area contributed by atoms with E-state index in [2.05, 4.69) is 26.5 Å². The molecule has 188 valence electrons. The minimum absolute atomic E-state index is 0.0120. The van der Waals surface area contributed by atoms with Crippen LogP contribution >= 0.6 is 15.9 Å². The monoisotopic (exact) mass is 574 g/mol. The number of sulfonamides is 1. The Balaban J connectivity index is 1.85. The minimum atomic E-state index is -4.10. The van der Waals surface area contributed by atoms with Gasteiger partial charge in [0.2, 0.25) is 0 Å². The van der Waals surface area contributed by atoms with Crippen LogP contribution in [0.5, 0.6) is 5.75 Å². The summed E-state index contributed by atoms with van der Waals surface area (Å²) in [5.41, 5.74) is 3.51. The van der Waals surface area contributed by atoms with Crippen molar-refractivity contribution >= 4 is 48.9 Å². The van der Waals surface area contributed by atoms with Gasteiger partial charge < -0.3 is 4.74 Å². The number of ether oxygens (including phenoxy) is 1. The highest BCUT2D eigenvalue weighted by atomic mass is 79.9. The van der Waals surface area contributed by atoms with Crippen molar-refractivity contribution in [1.82, 2.24) is 5.43 Å². The van der Waals surface area contributed by atoms with E-state index in [9.17, 15) is 23.3 Å². The Labute approximate surface area is 216 Å². The van der Waals surface area contributed by atoms with Crippen molar-refractivity contribution in [3.05, 3.63) is 92.9 Å². The molecule has 3 aromatic carbocycles. The van der Waals surface area contributed by atoms with Crippen molar-refractivity contribution in [3.8, 4) is 5.75 Å². The number of nitrogens with zero attached hydrogens (tertiary/aromatic N) is 3. The number of halogens is 1. The Hall–Kier alpha value is -3.77. The average molecular weight is 575 g/mol. The Morgan fingerprint density at radius 3 is 2.22 bits per heavy atom. The maximum Gasteiger partial charge on any atom is 0.269 e. The number of nitro groups is 1. The number of hydrogen-bond donors (Lipinski definition) is 1. The summed E-state index contributed by atoms with van der Waals surface area (Å²) in [5, 5.41) is 14.8. The fourth-order valence-electron chi connectivity index (χ4n) is 3.13. The third-order valence-corrected chi connectivity index (χ3v) is 7.29. The Bertz CT molecular complexity index is 1360. The van der Waals surface area contributed by atoms with Crippen LogP contribution < -0.4 is 14.5 Å².